The van der Waals surface area contributed by atoms with Crippen LogP contribution >= 0.6 is 0 Å². The van der Waals surface area contributed by atoms with E-state index in [-0.39, 0.29) is 0 Å². The second-order valence-electron chi connectivity index (χ2n) is 7.50. The number of aromatic nitrogens is 5. The van der Waals surface area contributed by atoms with E-state index in [1.54, 1.807) is 19.5 Å². The monoisotopic (exact) mass is 415 g/mol. The molecule has 156 valence electrons. The number of benzene rings is 1. The van der Waals surface area contributed by atoms with Crippen LogP contribution in [0.4, 0.5) is 0 Å². The first-order valence-electron chi connectivity index (χ1n) is 10.0. The molecule has 5 rings (SSSR count). The Hall–Kier alpha value is -3.81. The first-order valence-corrected chi connectivity index (χ1v) is 10.0. The Morgan fingerprint density at radius 3 is 2.55 bits per heavy atom. The van der Waals surface area contributed by atoms with E-state index >= 15 is 0 Å². The minimum absolute atomic E-state index is 0.409. The van der Waals surface area contributed by atoms with Gasteiger partial charge in [0.15, 0.2) is 0 Å². The summed E-state index contributed by atoms with van der Waals surface area (Å²) in [7, 11) is 1.64. The molecule has 1 fully saturated rings. The van der Waals surface area contributed by atoms with Gasteiger partial charge in [-0.3, -0.25) is 4.98 Å². The Labute approximate surface area is 179 Å². The first kappa shape index (κ1) is 19.2. The van der Waals surface area contributed by atoms with Crippen molar-refractivity contribution >= 4 is 0 Å². The highest BCUT2D eigenvalue weighted by atomic mass is 16.5. The molecule has 8 nitrogen and oxygen atoms in total. The zero-order valence-corrected chi connectivity index (χ0v) is 17.2. The van der Waals surface area contributed by atoms with Crippen LogP contribution in [-0.2, 0) is 0 Å². The van der Waals surface area contributed by atoms with Gasteiger partial charge in [0, 0.05) is 29.3 Å². The molecule has 0 spiro atoms. The Morgan fingerprint density at radius 1 is 1.00 bits per heavy atom. The van der Waals surface area contributed by atoms with E-state index in [0.29, 0.717) is 36.0 Å². The molecule has 1 aliphatic rings. The maximum Gasteiger partial charge on any atom is 0.224 e. The van der Waals surface area contributed by atoms with E-state index in [1.165, 1.54) is 6.39 Å². The summed E-state index contributed by atoms with van der Waals surface area (Å²) in [6.07, 6.45) is 5.93. The Balaban J connectivity index is 1.29. The Morgan fingerprint density at radius 2 is 1.84 bits per heavy atom. The van der Waals surface area contributed by atoms with Gasteiger partial charge in [-0.1, -0.05) is 29.4 Å². The van der Waals surface area contributed by atoms with Gasteiger partial charge in [-0.2, -0.15) is 9.97 Å². The van der Waals surface area contributed by atoms with Gasteiger partial charge in [-0.25, -0.2) is 4.98 Å². The molecule has 31 heavy (non-hydrogen) atoms. The third-order valence-electron chi connectivity index (χ3n) is 5.42. The standard InChI is InChI=1S/C23H21N5O3/c1-14-24-11-20(15-3-5-16(6-4-15)22-26-13-31-28-22)23(27-14)30-12-17-9-19(17)21-8-7-18(29-2)10-25-21/h3-8,10-11,13,17,19H,9,12H2,1-2H3/t17?,19-/m1/s1. The van der Waals surface area contributed by atoms with Crippen LogP contribution in [0, 0.1) is 12.8 Å². The zero-order chi connectivity index (χ0) is 21.2. The molecule has 1 saturated carbocycles. The fourth-order valence-electron chi connectivity index (χ4n) is 3.57. The van der Waals surface area contributed by atoms with Gasteiger partial charge in [0.2, 0.25) is 18.1 Å². The number of methoxy groups -OCH3 is 1. The van der Waals surface area contributed by atoms with Crippen molar-refractivity contribution in [2.45, 2.75) is 19.3 Å². The molecular weight excluding hydrogens is 394 g/mol. The van der Waals surface area contributed by atoms with E-state index in [9.17, 15) is 0 Å². The minimum atomic E-state index is 0.409. The fourth-order valence-corrected chi connectivity index (χ4v) is 3.57. The lowest BCUT2D eigenvalue weighted by molar-refractivity contribution is 0.285. The average molecular weight is 415 g/mol. The fraction of sp³-hybridized carbons (Fsp3) is 0.261. The van der Waals surface area contributed by atoms with Gasteiger partial charge >= 0.3 is 0 Å². The third-order valence-corrected chi connectivity index (χ3v) is 5.42. The maximum atomic E-state index is 6.15. The predicted octanol–water partition coefficient (Wildman–Crippen LogP) is 4.09. The van der Waals surface area contributed by atoms with Crippen LogP contribution in [-0.4, -0.2) is 38.8 Å². The van der Waals surface area contributed by atoms with Crippen molar-refractivity contribution in [1.29, 1.82) is 0 Å². The number of rotatable bonds is 7. The summed E-state index contributed by atoms with van der Waals surface area (Å²) in [6, 6.07) is 11.8. The molecule has 1 aromatic carbocycles. The highest BCUT2D eigenvalue weighted by molar-refractivity contribution is 5.70. The van der Waals surface area contributed by atoms with Crippen molar-refractivity contribution in [2.75, 3.05) is 13.7 Å². The van der Waals surface area contributed by atoms with Crippen LogP contribution in [0.3, 0.4) is 0 Å². The Bertz CT molecular complexity index is 1160. The Kier molecular flexibility index (Phi) is 5.03. The summed E-state index contributed by atoms with van der Waals surface area (Å²) in [6.45, 7) is 2.44. The molecule has 3 heterocycles. The van der Waals surface area contributed by atoms with Gasteiger partial charge in [0.1, 0.15) is 11.6 Å². The van der Waals surface area contributed by atoms with Crippen LogP contribution in [0.5, 0.6) is 11.6 Å². The lowest BCUT2D eigenvalue weighted by Gasteiger charge is -2.11. The molecule has 2 atom stereocenters. The highest BCUT2D eigenvalue weighted by Crippen LogP contribution is 2.47. The van der Waals surface area contributed by atoms with E-state index < -0.39 is 0 Å². The SMILES string of the molecule is COc1ccc([C@@H]2CC2COc2nc(C)ncc2-c2ccc(-c3ncon3)cc2)nc1. The van der Waals surface area contributed by atoms with Gasteiger partial charge in [-0.05, 0) is 31.0 Å². The summed E-state index contributed by atoms with van der Waals surface area (Å²) in [4.78, 5) is 17.5. The first-order chi connectivity index (χ1) is 15.2. The molecule has 0 N–H and O–H groups in total. The van der Waals surface area contributed by atoms with Crippen molar-refractivity contribution in [3.8, 4) is 34.1 Å². The second kappa shape index (κ2) is 8.14. The second-order valence-corrected chi connectivity index (χ2v) is 7.50. The molecule has 0 amide bonds. The normalized spacial score (nSPS) is 17.4. The summed E-state index contributed by atoms with van der Waals surface area (Å²) in [5.41, 5.74) is 3.77. The quantitative estimate of drug-likeness (QED) is 0.445. The van der Waals surface area contributed by atoms with Crippen molar-refractivity contribution in [1.82, 2.24) is 25.1 Å². The van der Waals surface area contributed by atoms with Crippen LogP contribution in [0.15, 0.2) is 59.7 Å². The summed E-state index contributed by atoms with van der Waals surface area (Å²) >= 11 is 0. The van der Waals surface area contributed by atoms with Crippen LogP contribution in [0.25, 0.3) is 22.5 Å². The van der Waals surface area contributed by atoms with Gasteiger partial charge < -0.3 is 14.0 Å². The largest absolute Gasteiger partial charge is 0.495 e. The van der Waals surface area contributed by atoms with Crippen molar-refractivity contribution in [3.63, 3.8) is 0 Å². The number of hydrogen-bond acceptors (Lipinski definition) is 8. The van der Waals surface area contributed by atoms with E-state index in [4.69, 9.17) is 14.0 Å². The minimum Gasteiger partial charge on any atom is -0.495 e. The van der Waals surface area contributed by atoms with Gasteiger partial charge in [0.25, 0.3) is 0 Å². The molecule has 8 heteroatoms. The highest BCUT2D eigenvalue weighted by Gasteiger charge is 2.40. The number of aryl methyl sites for hydroxylation is 1. The average Bonchev–Trinajstić information content (AvgIpc) is 3.38. The molecule has 4 aromatic rings. The molecule has 3 aromatic heterocycles. The topological polar surface area (TPSA) is 96.1 Å². The smallest absolute Gasteiger partial charge is 0.224 e. The molecule has 0 aliphatic heterocycles. The van der Waals surface area contributed by atoms with Gasteiger partial charge in [-0.15, -0.1) is 0 Å². The summed E-state index contributed by atoms with van der Waals surface area (Å²) in [5, 5.41) is 3.87. The molecular formula is C23H21N5O3. The van der Waals surface area contributed by atoms with Crippen LogP contribution in [0.1, 0.15) is 23.9 Å². The van der Waals surface area contributed by atoms with Crippen LogP contribution < -0.4 is 9.47 Å². The number of ether oxygens (including phenoxy) is 2. The summed E-state index contributed by atoms with van der Waals surface area (Å²) < 4.78 is 16.2. The lowest BCUT2D eigenvalue weighted by atomic mass is 10.1. The molecule has 1 unspecified atom stereocenters. The lowest BCUT2D eigenvalue weighted by Crippen LogP contribution is -2.05. The predicted molar refractivity (Wildman–Crippen MR) is 113 cm³/mol. The third kappa shape index (κ3) is 4.09. The van der Waals surface area contributed by atoms with E-state index in [1.807, 2.05) is 43.3 Å². The molecule has 0 saturated heterocycles. The molecule has 0 radical (unpaired) electrons. The molecule has 0 bridgehead atoms. The zero-order valence-electron chi connectivity index (χ0n) is 17.2. The molecule has 1 aliphatic carbocycles. The van der Waals surface area contributed by atoms with Gasteiger partial charge in [0.05, 0.1) is 25.5 Å². The van der Waals surface area contributed by atoms with Crippen molar-refractivity contribution < 1.29 is 14.0 Å². The number of hydrogen-bond donors (Lipinski definition) is 0. The maximum absolute atomic E-state index is 6.15. The number of pyridine rings is 1. The van der Waals surface area contributed by atoms with Crippen LogP contribution in [0.2, 0.25) is 0 Å². The van der Waals surface area contributed by atoms with E-state index in [2.05, 4.69) is 25.1 Å². The van der Waals surface area contributed by atoms with E-state index in [0.717, 1.165) is 34.6 Å². The van der Waals surface area contributed by atoms with Crippen molar-refractivity contribution in [3.05, 3.63) is 66.7 Å². The van der Waals surface area contributed by atoms with Crippen molar-refractivity contribution in [2.24, 2.45) is 5.92 Å². The summed E-state index contributed by atoms with van der Waals surface area (Å²) in [5.74, 6) is 3.41. The number of nitrogens with zero attached hydrogens (tertiary/aromatic N) is 5.